The highest BCUT2D eigenvalue weighted by Gasteiger charge is 2.20. The van der Waals surface area contributed by atoms with Gasteiger partial charge in [-0.1, -0.05) is 6.07 Å². The summed E-state index contributed by atoms with van der Waals surface area (Å²) in [6.07, 6.45) is -0.973. The molecule has 0 bridgehead atoms. The highest BCUT2D eigenvalue weighted by Crippen LogP contribution is 2.15. The van der Waals surface area contributed by atoms with Crippen LogP contribution in [-0.2, 0) is 9.53 Å². The number of ether oxygens (including phenoxy) is 3. The lowest BCUT2D eigenvalue weighted by atomic mass is 10.1. The zero-order valence-electron chi connectivity index (χ0n) is 16.1. The number of hydrogen-bond donors (Lipinski definition) is 1. The van der Waals surface area contributed by atoms with E-state index in [1.165, 1.54) is 14.0 Å². The van der Waals surface area contributed by atoms with Crippen molar-refractivity contribution in [3.63, 3.8) is 0 Å². The van der Waals surface area contributed by atoms with Gasteiger partial charge in [0.2, 0.25) is 5.78 Å². The first kappa shape index (κ1) is 21.0. The van der Waals surface area contributed by atoms with Gasteiger partial charge in [0.25, 0.3) is 5.91 Å². The quantitative estimate of drug-likeness (QED) is 0.527. The molecule has 2 aromatic rings. The lowest BCUT2D eigenvalue weighted by Crippen LogP contribution is -2.34. The molecule has 1 N–H and O–H groups in total. The molecule has 0 saturated carbocycles. The monoisotopic (exact) mass is 385 g/mol. The molecular weight excluding hydrogens is 362 g/mol. The van der Waals surface area contributed by atoms with Crippen molar-refractivity contribution >= 4 is 17.7 Å². The van der Waals surface area contributed by atoms with Crippen LogP contribution in [-0.4, -0.2) is 44.0 Å². The molecule has 0 saturated heterocycles. The molecule has 2 rings (SSSR count). The lowest BCUT2D eigenvalue weighted by Gasteiger charge is -2.13. The van der Waals surface area contributed by atoms with Gasteiger partial charge in [0.15, 0.2) is 6.10 Å². The number of carbonyl (C=O) groups is 3. The van der Waals surface area contributed by atoms with E-state index in [2.05, 4.69) is 5.32 Å². The fraction of sp³-hybridized carbons (Fsp3) is 0.286. The highest BCUT2D eigenvalue weighted by molar-refractivity contribution is 6.00. The molecule has 7 nitrogen and oxygen atoms in total. The standard InChI is InChI=1S/C21H23NO6/c1-4-27-17-10-8-15(9-11-17)20(24)14(2)28-19(23)13-22-21(25)16-6-5-7-18(12-16)26-3/h5-12,14H,4,13H2,1-3H3,(H,22,25)/t14-/m1/s1. The van der Waals surface area contributed by atoms with Gasteiger partial charge < -0.3 is 19.5 Å². The van der Waals surface area contributed by atoms with Crippen LogP contribution in [0.25, 0.3) is 0 Å². The Labute approximate surface area is 163 Å². The first-order valence-electron chi connectivity index (χ1n) is 8.83. The average Bonchev–Trinajstić information content (AvgIpc) is 2.72. The molecule has 0 fully saturated rings. The molecule has 0 aliphatic carbocycles. The minimum absolute atomic E-state index is 0.337. The predicted octanol–water partition coefficient (Wildman–Crippen LogP) is 2.64. The molecule has 2 aromatic carbocycles. The summed E-state index contributed by atoms with van der Waals surface area (Å²) in [4.78, 5) is 36.4. The summed E-state index contributed by atoms with van der Waals surface area (Å²) in [5, 5.41) is 2.46. The normalized spacial score (nSPS) is 11.2. The number of carbonyl (C=O) groups excluding carboxylic acids is 3. The van der Waals surface area contributed by atoms with Crippen molar-refractivity contribution in [2.24, 2.45) is 0 Å². The van der Waals surface area contributed by atoms with Crippen LogP contribution in [0.3, 0.4) is 0 Å². The van der Waals surface area contributed by atoms with E-state index >= 15 is 0 Å². The largest absolute Gasteiger partial charge is 0.497 e. The molecule has 0 unspecified atom stereocenters. The van der Waals surface area contributed by atoms with Gasteiger partial charge in [-0.2, -0.15) is 0 Å². The second-order valence-corrected chi connectivity index (χ2v) is 5.87. The number of esters is 1. The third kappa shape index (κ3) is 5.84. The van der Waals surface area contributed by atoms with Crippen molar-refractivity contribution < 1.29 is 28.6 Å². The summed E-state index contributed by atoms with van der Waals surface area (Å²) >= 11 is 0. The van der Waals surface area contributed by atoms with E-state index in [-0.39, 0.29) is 12.3 Å². The maximum atomic E-state index is 12.4. The number of amides is 1. The fourth-order valence-corrected chi connectivity index (χ4v) is 2.43. The Bertz CT molecular complexity index is 831. The third-order valence-electron chi connectivity index (χ3n) is 3.85. The molecule has 0 radical (unpaired) electrons. The molecule has 1 amide bonds. The van der Waals surface area contributed by atoms with E-state index in [4.69, 9.17) is 14.2 Å². The molecule has 0 heterocycles. The Hall–Kier alpha value is -3.35. The number of rotatable bonds is 9. The Morgan fingerprint density at radius 1 is 1.00 bits per heavy atom. The number of methoxy groups -OCH3 is 1. The van der Waals surface area contributed by atoms with Crippen LogP contribution in [0.15, 0.2) is 48.5 Å². The molecule has 7 heteroatoms. The zero-order chi connectivity index (χ0) is 20.5. The van der Waals surface area contributed by atoms with E-state index in [1.807, 2.05) is 6.92 Å². The van der Waals surface area contributed by atoms with Crippen LogP contribution in [0, 0.1) is 0 Å². The molecule has 0 aliphatic heterocycles. The Morgan fingerprint density at radius 3 is 2.36 bits per heavy atom. The molecule has 0 spiro atoms. The zero-order valence-corrected chi connectivity index (χ0v) is 16.1. The summed E-state index contributed by atoms with van der Waals surface area (Å²) in [5.41, 5.74) is 0.759. The fourth-order valence-electron chi connectivity index (χ4n) is 2.43. The van der Waals surface area contributed by atoms with Crippen LogP contribution >= 0.6 is 0 Å². The van der Waals surface area contributed by atoms with Gasteiger partial charge in [0.1, 0.15) is 18.0 Å². The summed E-state index contributed by atoms with van der Waals surface area (Å²) in [7, 11) is 1.50. The molecule has 148 valence electrons. The van der Waals surface area contributed by atoms with Crippen LogP contribution in [0.5, 0.6) is 11.5 Å². The minimum Gasteiger partial charge on any atom is -0.497 e. The molecule has 0 aromatic heterocycles. The van der Waals surface area contributed by atoms with E-state index in [1.54, 1.807) is 48.5 Å². The molecular formula is C21H23NO6. The predicted molar refractivity (Wildman–Crippen MR) is 103 cm³/mol. The van der Waals surface area contributed by atoms with Crippen LogP contribution in [0.1, 0.15) is 34.6 Å². The first-order chi connectivity index (χ1) is 13.4. The Morgan fingerprint density at radius 2 is 1.71 bits per heavy atom. The van der Waals surface area contributed by atoms with E-state index in [9.17, 15) is 14.4 Å². The number of nitrogens with one attached hydrogen (secondary N) is 1. The smallest absolute Gasteiger partial charge is 0.326 e. The average molecular weight is 385 g/mol. The van der Waals surface area contributed by atoms with Crippen molar-refractivity contribution in [2.75, 3.05) is 20.3 Å². The van der Waals surface area contributed by atoms with Gasteiger partial charge in [0.05, 0.1) is 13.7 Å². The topological polar surface area (TPSA) is 90.9 Å². The van der Waals surface area contributed by atoms with Gasteiger partial charge in [-0.15, -0.1) is 0 Å². The highest BCUT2D eigenvalue weighted by atomic mass is 16.5. The van der Waals surface area contributed by atoms with Crippen LogP contribution in [0.2, 0.25) is 0 Å². The molecule has 0 aliphatic rings. The van der Waals surface area contributed by atoms with E-state index < -0.39 is 18.0 Å². The van der Waals surface area contributed by atoms with Crippen molar-refractivity contribution in [3.05, 3.63) is 59.7 Å². The van der Waals surface area contributed by atoms with E-state index in [0.717, 1.165) is 0 Å². The number of Topliss-reactive ketones (excluding diaryl/α,β-unsaturated/α-hetero) is 1. The number of hydrogen-bond acceptors (Lipinski definition) is 6. The van der Waals surface area contributed by atoms with Gasteiger partial charge in [-0.3, -0.25) is 14.4 Å². The van der Waals surface area contributed by atoms with Crippen molar-refractivity contribution in [3.8, 4) is 11.5 Å². The Balaban J connectivity index is 1.85. The van der Waals surface area contributed by atoms with Crippen molar-refractivity contribution in [1.82, 2.24) is 5.32 Å². The molecule has 1 atom stereocenters. The summed E-state index contributed by atoms with van der Waals surface area (Å²) in [6, 6.07) is 13.1. The SMILES string of the molecule is CCOc1ccc(C(=O)[C@@H](C)OC(=O)CNC(=O)c2cccc(OC)c2)cc1. The maximum Gasteiger partial charge on any atom is 0.326 e. The first-order valence-corrected chi connectivity index (χ1v) is 8.83. The van der Waals surface area contributed by atoms with Crippen molar-refractivity contribution in [2.45, 2.75) is 20.0 Å². The number of ketones is 1. The molecule has 28 heavy (non-hydrogen) atoms. The van der Waals surface area contributed by atoms with Gasteiger partial charge in [0, 0.05) is 11.1 Å². The van der Waals surface area contributed by atoms with Gasteiger partial charge in [-0.05, 0) is 56.3 Å². The summed E-state index contributed by atoms with van der Waals surface area (Å²) in [5.74, 6) is -0.298. The van der Waals surface area contributed by atoms with E-state index in [0.29, 0.717) is 29.2 Å². The van der Waals surface area contributed by atoms with Gasteiger partial charge >= 0.3 is 5.97 Å². The summed E-state index contributed by atoms with van der Waals surface area (Å²) in [6.45, 7) is 3.54. The van der Waals surface area contributed by atoms with Crippen molar-refractivity contribution in [1.29, 1.82) is 0 Å². The lowest BCUT2D eigenvalue weighted by molar-refractivity contribution is -0.145. The van der Waals surface area contributed by atoms with Crippen LogP contribution < -0.4 is 14.8 Å². The second-order valence-electron chi connectivity index (χ2n) is 5.87. The number of benzene rings is 2. The second kappa shape index (κ2) is 10.1. The maximum absolute atomic E-state index is 12.4. The van der Waals surface area contributed by atoms with Gasteiger partial charge in [-0.25, -0.2) is 0 Å². The third-order valence-corrected chi connectivity index (χ3v) is 3.85. The summed E-state index contributed by atoms with van der Waals surface area (Å²) < 4.78 is 15.5. The van der Waals surface area contributed by atoms with Crippen LogP contribution in [0.4, 0.5) is 0 Å². The Kier molecular flexibility index (Phi) is 7.56. The minimum atomic E-state index is -0.973.